The van der Waals surface area contributed by atoms with Crippen molar-refractivity contribution in [2.75, 3.05) is 0 Å². The standard InChI is InChI=1S/C24H34N2O2/c1-15(2)8-17-4-6-21(7-5-17)16(3)22(27)25-26-23(28)24-12-18-9-19(13-24)11-20(10-18)14-24/h4-7,15-16,18-20H,8-14H2,1-3H3,(H,25,27)(H,26,28)/t16-,18?,19?,20?,24?/m1/s1. The molecule has 4 aliphatic carbocycles. The maximum atomic E-state index is 13.0. The molecular weight excluding hydrogens is 348 g/mol. The van der Waals surface area contributed by atoms with Gasteiger partial charge in [0.25, 0.3) is 0 Å². The van der Waals surface area contributed by atoms with Crippen molar-refractivity contribution in [2.45, 2.75) is 71.6 Å². The van der Waals surface area contributed by atoms with E-state index in [1.54, 1.807) is 0 Å². The zero-order valence-electron chi connectivity index (χ0n) is 17.5. The average molecular weight is 383 g/mol. The Kier molecular flexibility index (Phi) is 5.24. The molecule has 5 rings (SSSR count). The van der Waals surface area contributed by atoms with E-state index in [1.165, 1.54) is 24.8 Å². The summed E-state index contributed by atoms with van der Waals surface area (Å²) in [5, 5.41) is 0. The van der Waals surface area contributed by atoms with Crippen molar-refractivity contribution in [3.05, 3.63) is 35.4 Å². The highest BCUT2D eigenvalue weighted by molar-refractivity contribution is 5.88. The van der Waals surface area contributed by atoms with E-state index in [0.29, 0.717) is 5.92 Å². The molecule has 4 aliphatic rings. The average Bonchev–Trinajstić information content (AvgIpc) is 2.64. The van der Waals surface area contributed by atoms with Gasteiger partial charge in [-0.1, -0.05) is 38.1 Å². The zero-order chi connectivity index (χ0) is 19.9. The number of benzene rings is 1. The lowest BCUT2D eigenvalue weighted by Crippen LogP contribution is -2.57. The first-order chi connectivity index (χ1) is 13.3. The lowest BCUT2D eigenvalue weighted by Gasteiger charge is -2.55. The second kappa shape index (κ2) is 7.53. The molecule has 0 radical (unpaired) electrons. The summed E-state index contributed by atoms with van der Waals surface area (Å²) in [4.78, 5) is 25.6. The minimum atomic E-state index is -0.287. The van der Waals surface area contributed by atoms with Gasteiger partial charge in [-0.3, -0.25) is 20.4 Å². The molecule has 152 valence electrons. The van der Waals surface area contributed by atoms with Gasteiger partial charge in [0, 0.05) is 0 Å². The first-order valence-corrected chi connectivity index (χ1v) is 11.0. The number of carbonyl (C=O) groups excluding carboxylic acids is 2. The molecule has 4 nitrogen and oxygen atoms in total. The molecule has 1 aromatic carbocycles. The molecule has 1 aromatic rings. The molecule has 4 fully saturated rings. The van der Waals surface area contributed by atoms with Crippen LogP contribution in [0.4, 0.5) is 0 Å². The SMILES string of the molecule is CC(C)Cc1ccc([C@@H](C)C(=O)NNC(=O)C23CC4CC(CC(C4)C2)C3)cc1. The Hall–Kier alpha value is -1.84. The minimum absolute atomic E-state index is 0.0411. The van der Waals surface area contributed by atoms with Gasteiger partial charge in [0.2, 0.25) is 11.8 Å². The van der Waals surface area contributed by atoms with Crippen LogP contribution in [0.3, 0.4) is 0 Å². The summed E-state index contributed by atoms with van der Waals surface area (Å²) in [5.74, 6) is 2.38. The van der Waals surface area contributed by atoms with Crippen LogP contribution in [0, 0.1) is 29.1 Å². The molecule has 4 heteroatoms. The number of nitrogens with one attached hydrogen (secondary N) is 2. The topological polar surface area (TPSA) is 58.2 Å². The molecular formula is C24H34N2O2. The molecule has 0 aromatic heterocycles. The first-order valence-electron chi connectivity index (χ1n) is 11.0. The molecule has 4 bridgehead atoms. The third-order valence-corrected chi connectivity index (χ3v) is 7.34. The van der Waals surface area contributed by atoms with E-state index in [4.69, 9.17) is 0 Å². The van der Waals surface area contributed by atoms with Crippen molar-refractivity contribution in [2.24, 2.45) is 29.1 Å². The number of carbonyl (C=O) groups is 2. The fraction of sp³-hybridized carbons (Fsp3) is 0.667. The van der Waals surface area contributed by atoms with Crippen molar-refractivity contribution < 1.29 is 9.59 Å². The van der Waals surface area contributed by atoms with Crippen molar-refractivity contribution in [1.82, 2.24) is 10.9 Å². The van der Waals surface area contributed by atoms with Crippen LogP contribution in [0.15, 0.2) is 24.3 Å². The zero-order valence-corrected chi connectivity index (χ0v) is 17.5. The van der Waals surface area contributed by atoms with Gasteiger partial charge in [-0.2, -0.15) is 0 Å². The Balaban J connectivity index is 1.33. The molecule has 0 unspecified atom stereocenters. The maximum absolute atomic E-state index is 13.0. The van der Waals surface area contributed by atoms with Gasteiger partial charge >= 0.3 is 0 Å². The fourth-order valence-electron chi connectivity index (χ4n) is 6.31. The number of hydrogen-bond acceptors (Lipinski definition) is 2. The third-order valence-electron chi connectivity index (χ3n) is 7.34. The van der Waals surface area contributed by atoms with E-state index < -0.39 is 0 Å². The highest BCUT2D eigenvalue weighted by Gasteiger charge is 2.54. The van der Waals surface area contributed by atoms with E-state index >= 15 is 0 Å². The normalized spacial score (nSPS) is 31.6. The molecule has 2 amide bonds. The number of hydrogen-bond donors (Lipinski definition) is 2. The van der Waals surface area contributed by atoms with Gasteiger partial charge in [-0.15, -0.1) is 0 Å². The summed E-state index contributed by atoms with van der Waals surface area (Å²) >= 11 is 0. The highest BCUT2D eigenvalue weighted by Crippen LogP contribution is 2.60. The molecule has 28 heavy (non-hydrogen) atoms. The largest absolute Gasteiger partial charge is 0.273 e. The van der Waals surface area contributed by atoms with E-state index in [0.717, 1.165) is 49.0 Å². The summed E-state index contributed by atoms with van der Waals surface area (Å²) in [5.41, 5.74) is 7.54. The molecule has 0 spiro atoms. The number of amides is 2. The summed E-state index contributed by atoms with van der Waals surface area (Å²) < 4.78 is 0. The van der Waals surface area contributed by atoms with Crippen LogP contribution in [-0.2, 0) is 16.0 Å². The molecule has 0 heterocycles. The lowest BCUT2D eigenvalue weighted by molar-refractivity contribution is -0.149. The summed E-state index contributed by atoms with van der Waals surface area (Å²) in [6.07, 6.45) is 7.99. The smallest absolute Gasteiger partial charge is 0.245 e. The maximum Gasteiger partial charge on any atom is 0.245 e. The van der Waals surface area contributed by atoms with Crippen LogP contribution in [0.1, 0.15) is 76.3 Å². The highest BCUT2D eigenvalue weighted by atomic mass is 16.2. The second-order valence-corrected chi connectivity index (χ2v) is 10.2. The van der Waals surface area contributed by atoms with Gasteiger partial charge in [0.05, 0.1) is 11.3 Å². The van der Waals surface area contributed by atoms with Gasteiger partial charge in [0.15, 0.2) is 0 Å². The van der Waals surface area contributed by atoms with Crippen molar-refractivity contribution in [3.63, 3.8) is 0 Å². The molecule has 0 saturated heterocycles. The molecule has 4 saturated carbocycles. The monoisotopic (exact) mass is 382 g/mol. The fourth-order valence-corrected chi connectivity index (χ4v) is 6.31. The van der Waals surface area contributed by atoms with Crippen LogP contribution in [0.25, 0.3) is 0 Å². The summed E-state index contributed by atoms with van der Waals surface area (Å²) in [6, 6.07) is 8.27. The van der Waals surface area contributed by atoms with E-state index in [1.807, 2.05) is 19.1 Å². The Morgan fingerprint density at radius 1 is 0.929 bits per heavy atom. The van der Waals surface area contributed by atoms with Gasteiger partial charge < -0.3 is 0 Å². The summed E-state index contributed by atoms with van der Waals surface area (Å²) in [6.45, 7) is 6.30. The number of hydrazine groups is 1. The lowest BCUT2D eigenvalue weighted by atomic mass is 9.49. The molecule has 0 aliphatic heterocycles. The Bertz CT molecular complexity index is 702. The van der Waals surface area contributed by atoms with Crippen LogP contribution < -0.4 is 10.9 Å². The van der Waals surface area contributed by atoms with Gasteiger partial charge in [-0.25, -0.2) is 0 Å². The second-order valence-electron chi connectivity index (χ2n) is 10.2. The molecule has 2 N–H and O–H groups in total. The Morgan fingerprint density at radius 2 is 1.46 bits per heavy atom. The van der Waals surface area contributed by atoms with Crippen LogP contribution in [0.5, 0.6) is 0 Å². The Labute approximate surface area is 168 Å². The van der Waals surface area contributed by atoms with Crippen molar-refractivity contribution in [3.8, 4) is 0 Å². The van der Waals surface area contributed by atoms with Gasteiger partial charge in [0.1, 0.15) is 0 Å². The quantitative estimate of drug-likeness (QED) is 0.744. The molecule has 1 atom stereocenters. The van der Waals surface area contributed by atoms with Crippen molar-refractivity contribution in [1.29, 1.82) is 0 Å². The predicted octanol–water partition coefficient (Wildman–Crippen LogP) is 4.35. The van der Waals surface area contributed by atoms with E-state index in [-0.39, 0.29) is 23.1 Å². The van der Waals surface area contributed by atoms with Crippen LogP contribution in [0.2, 0.25) is 0 Å². The van der Waals surface area contributed by atoms with E-state index in [2.05, 4.69) is 36.8 Å². The van der Waals surface area contributed by atoms with Gasteiger partial charge in [-0.05, 0) is 86.7 Å². The van der Waals surface area contributed by atoms with E-state index in [9.17, 15) is 9.59 Å². The predicted molar refractivity (Wildman–Crippen MR) is 110 cm³/mol. The Morgan fingerprint density at radius 3 is 1.96 bits per heavy atom. The summed E-state index contributed by atoms with van der Waals surface area (Å²) in [7, 11) is 0. The minimum Gasteiger partial charge on any atom is -0.273 e. The first kappa shape index (κ1) is 19.5. The number of rotatable bonds is 5. The van der Waals surface area contributed by atoms with Crippen molar-refractivity contribution >= 4 is 11.8 Å². The van der Waals surface area contributed by atoms with Crippen LogP contribution >= 0.6 is 0 Å². The van der Waals surface area contributed by atoms with Crippen LogP contribution in [-0.4, -0.2) is 11.8 Å². The third kappa shape index (κ3) is 3.83.